The molecule has 1 saturated heterocycles. The number of fused-ring (bicyclic) bond motifs is 1. The highest BCUT2D eigenvalue weighted by Crippen LogP contribution is 2.40. The van der Waals surface area contributed by atoms with Crippen LogP contribution in [0.15, 0.2) is 18.2 Å². The molecule has 134 valence electrons. The number of methoxy groups -OCH3 is 1. The van der Waals surface area contributed by atoms with Crippen LogP contribution in [0.2, 0.25) is 0 Å². The third-order valence-corrected chi connectivity index (χ3v) is 4.35. The quantitative estimate of drug-likeness (QED) is 0.836. The van der Waals surface area contributed by atoms with E-state index in [1.165, 1.54) is 6.08 Å². The smallest absolute Gasteiger partial charge is 0.308 e. The summed E-state index contributed by atoms with van der Waals surface area (Å²) in [7, 11) is 1.55. The van der Waals surface area contributed by atoms with Gasteiger partial charge in [-0.05, 0) is 36.6 Å². The van der Waals surface area contributed by atoms with Crippen LogP contribution in [0.1, 0.15) is 18.4 Å². The second-order valence-electron chi connectivity index (χ2n) is 6.04. The van der Waals surface area contributed by atoms with Gasteiger partial charge in [0, 0.05) is 19.2 Å². The number of carbonyl (C=O) groups is 2. The molecule has 0 spiro atoms. The van der Waals surface area contributed by atoms with Crippen molar-refractivity contribution in [1.29, 1.82) is 0 Å². The van der Waals surface area contributed by atoms with E-state index in [4.69, 9.17) is 19.3 Å². The Balaban J connectivity index is 1.73. The van der Waals surface area contributed by atoms with Gasteiger partial charge in [-0.15, -0.1) is 0 Å². The van der Waals surface area contributed by atoms with E-state index < -0.39 is 11.9 Å². The molecule has 1 amide bonds. The van der Waals surface area contributed by atoms with Gasteiger partial charge in [-0.3, -0.25) is 9.59 Å². The zero-order valence-corrected chi connectivity index (χ0v) is 14.1. The van der Waals surface area contributed by atoms with Gasteiger partial charge in [0.1, 0.15) is 13.2 Å². The second-order valence-corrected chi connectivity index (χ2v) is 6.04. The van der Waals surface area contributed by atoms with E-state index in [-0.39, 0.29) is 12.5 Å². The van der Waals surface area contributed by atoms with Crippen LogP contribution in [-0.4, -0.2) is 55.3 Å². The van der Waals surface area contributed by atoms with Crippen molar-refractivity contribution in [3.63, 3.8) is 0 Å². The predicted octanol–water partition coefficient (Wildman–Crippen LogP) is 1.80. The molecule has 7 heteroatoms. The summed E-state index contributed by atoms with van der Waals surface area (Å²) in [5.74, 6) is 0.172. The van der Waals surface area contributed by atoms with Crippen LogP contribution in [-0.2, 0) is 9.59 Å². The van der Waals surface area contributed by atoms with E-state index in [9.17, 15) is 9.59 Å². The van der Waals surface area contributed by atoms with Gasteiger partial charge in [-0.2, -0.15) is 0 Å². The molecule has 1 aromatic rings. The summed E-state index contributed by atoms with van der Waals surface area (Å²) in [5, 5.41) is 9.12. The first kappa shape index (κ1) is 17.1. The number of ether oxygens (including phenoxy) is 3. The topological polar surface area (TPSA) is 85.3 Å². The lowest BCUT2D eigenvalue weighted by Crippen LogP contribution is -2.41. The second kappa shape index (κ2) is 7.46. The highest BCUT2D eigenvalue weighted by molar-refractivity contribution is 5.92. The van der Waals surface area contributed by atoms with Crippen LogP contribution in [0, 0.1) is 5.92 Å². The zero-order chi connectivity index (χ0) is 17.8. The molecule has 0 aliphatic carbocycles. The molecule has 0 bridgehead atoms. The van der Waals surface area contributed by atoms with Crippen LogP contribution in [0.3, 0.4) is 0 Å². The Morgan fingerprint density at radius 2 is 2.12 bits per heavy atom. The third-order valence-electron chi connectivity index (χ3n) is 4.35. The van der Waals surface area contributed by atoms with E-state index >= 15 is 0 Å². The monoisotopic (exact) mass is 347 g/mol. The standard InChI is InChI=1S/C18H21NO6/c1-23-14-9-12(10-15-17(14)25-8-7-24-15)4-5-16(20)19-6-2-3-13(11-19)18(21)22/h4-5,9-10,13H,2-3,6-8,11H2,1H3,(H,21,22). The van der Waals surface area contributed by atoms with Gasteiger partial charge in [-0.25, -0.2) is 0 Å². The molecule has 1 aromatic carbocycles. The summed E-state index contributed by atoms with van der Waals surface area (Å²) in [6, 6.07) is 3.56. The molecule has 2 aliphatic rings. The number of hydrogen-bond donors (Lipinski definition) is 1. The molecular weight excluding hydrogens is 326 g/mol. The first-order chi connectivity index (χ1) is 12.1. The maximum Gasteiger partial charge on any atom is 0.308 e. The van der Waals surface area contributed by atoms with Gasteiger partial charge in [-0.1, -0.05) is 0 Å². The highest BCUT2D eigenvalue weighted by Gasteiger charge is 2.27. The van der Waals surface area contributed by atoms with E-state index in [1.54, 1.807) is 30.2 Å². The van der Waals surface area contributed by atoms with E-state index in [1.807, 2.05) is 0 Å². The summed E-state index contributed by atoms with van der Waals surface area (Å²) in [6.45, 7) is 1.77. The van der Waals surface area contributed by atoms with Crippen molar-refractivity contribution in [2.24, 2.45) is 5.92 Å². The minimum atomic E-state index is -0.849. The SMILES string of the molecule is COc1cc(C=CC(=O)N2CCCC(C(=O)O)C2)cc2c1OCCO2. The average molecular weight is 347 g/mol. The minimum absolute atomic E-state index is 0.195. The van der Waals surface area contributed by atoms with Gasteiger partial charge in [0.05, 0.1) is 13.0 Å². The molecule has 2 aliphatic heterocycles. The number of piperidine rings is 1. The van der Waals surface area contributed by atoms with Crippen LogP contribution in [0.25, 0.3) is 6.08 Å². The Bertz CT molecular complexity index is 682. The van der Waals surface area contributed by atoms with Crippen LogP contribution in [0.5, 0.6) is 17.2 Å². The van der Waals surface area contributed by atoms with Crippen molar-refractivity contribution in [2.75, 3.05) is 33.4 Å². The van der Waals surface area contributed by atoms with Crippen molar-refractivity contribution in [3.05, 3.63) is 23.8 Å². The van der Waals surface area contributed by atoms with E-state index in [2.05, 4.69) is 0 Å². The Morgan fingerprint density at radius 3 is 2.88 bits per heavy atom. The average Bonchev–Trinajstić information content (AvgIpc) is 2.65. The largest absolute Gasteiger partial charge is 0.493 e. The molecular formula is C18H21NO6. The molecule has 7 nitrogen and oxygen atoms in total. The number of carbonyl (C=O) groups excluding carboxylic acids is 1. The summed E-state index contributed by atoms with van der Waals surface area (Å²) < 4.78 is 16.4. The predicted molar refractivity (Wildman–Crippen MR) is 90.0 cm³/mol. The van der Waals surface area contributed by atoms with Gasteiger partial charge < -0.3 is 24.2 Å². The molecule has 2 heterocycles. The van der Waals surface area contributed by atoms with Crippen molar-refractivity contribution in [3.8, 4) is 17.2 Å². The molecule has 0 saturated carbocycles. The lowest BCUT2D eigenvalue weighted by atomic mass is 9.98. The van der Waals surface area contributed by atoms with Gasteiger partial charge >= 0.3 is 5.97 Å². The highest BCUT2D eigenvalue weighted by atomic mass is 16.6. The Hall–Kier alpha value is -2.70. The summed E-state index contributed by atoms with van der Waals surface area (Å²) >= 11 is 0. The molecule has 1 fully saturated rings. The fourth-order valence-corrected chi connectivity index (χ4v) is 3.04. The number of aliphatic carboxylic acids is 1. The molecule has 3 rings (SSSR count). The van der Waals surface area contributed by atoms with Gasteiger partial charge in [0.2, 0.25) is 11.7 Å². The fraction of sp³-hybridized carbons (Fsp3) is 0.444. The molecule has 1 unspecified atom stereocenters. The molecule has 0 aromatic heterocycles. The molecule has 0 radical (unpaired) electrons. The summed E-state index contributed by atoms with van der Waals surface area (Å²) in [5.41, 5.74) is 0.751. The Labute approximate surface area is 145 Å². The lowest BCUT2D eigenvalue weighted by molar-refractivity contribution is -0.144. The molecule has 1 N–H and O–H groups in total. The van der Waals surface area contributed by atoms with Crippen LogP contribution < -0.4 is 14.2 Å². The van der Waals surface area contributed by atoms with Gasteiger partial charge in [0.15, 0.2) is 11.5 Å². The van der Waals surface area contributed by atoms with Crippen molar-refractivity contribution in [1.82, 2.24) is 4.90 Å². The molecule has 1 atom stereocenters. The minimum Gasteiger partial charge on any atom is -0.493 e. The maximum absolute atomic E-state index is 12.3. The normalized spacial score (nSPS) is 19.7. The number of hydrogen-bond acceptors (Lipinski definition) is 5. The summed E-state index contributed by atoms with van der Waals surface area (Å²) in [4.78, 5) is 25.0. The fourth-order valence-electron chi connectivity index (χ4n) is 3.04. The lowest BCUT2D eigenvalue weighted by Gasteiger charge is -2.29. The number of likely N-dealkylation sites (tertiary alicyclic amines) is 1. The first-order valence-corrected chi connectivity index (χ1v) is 8.26. The Morgan fingerprint density at radius 1 is 1.32 bits per heavy atom. The number of carboxylic acid groups (broad SMARTS) is 1. The van der Waals surface area contributed by atoms with E-state index in [0.717, 1.165) is 5.56 Å². The van der Waals surface area contributed by atoms with Crippen molar-refractivity contribution in [2.45, 2.75) is 12.8 Å². The van der Waals surface area contributed by atoms with Gasteiger partial charge in [0.25, 0.3) is 0 Å². The first-order valence-electron chi connectivity index (χ1n) is 8.26. The number of rotatable bonds is 4. The van der Waals surface area contributed by atoms with Crippen LogP contribution >= 0.6 is 0 Å². The van der Waals surface area contributed by atoms with Crippen molar-refractivity contribution < 1.29 is 28.9 Å². The number of nitrogens with zero attached hydrogens (tertiary/aromatic N) is 1. The number of amides is 1. The maximum atomic E-state index is 12.3. The van der Waals surface area contributed by atoms with E-state index in [0.29, 0.717) is 49.8 Å². The Kier molecular flexibility index (Phi) is 5.11. The van der Waals surface area contributed by atoms with Crippen LogP contribution in [0.4, 0.5) is 0 Å². The zero-order valence-electron chi connectivity index (χ0n) is 14.1. The third kappa shape index (κ3) is 3.87. The summed E-state index contributed by atoms with van der Waals surface area (Å²) in [6.07, 6.45) is 4.44. The number of benzene rings is 1. The van der Waals surface area contributed by atoms with Crippen molar-refractivity contribution >= 4 is 18.0 Å². The molecule has 25 heavy (non-hydrogen) atoms. The number of carboxylic acids is 1.